The SMILES string of the molecule is Cc1cccc(C23CC(=O)CC(C2)N(C)CC3C)c1. The van der Waals surface area contributed by atoms with Crippen molar-refractivity contribution in [3.8, 4) is 0 Å². The number of piperidine rings is 1. The van der Waals surface area contributed by atoms with Crippen LogP contribution in [0.4, 0.5) is 0 Å². The Balaban J connectivity index is 2.06. The van der Waals surface area contributed by atoms with Gasteiger partial charge in [-0.15, -0.1) is 0 Å². The van der Waals surface area contributed by atoms with E-state index in [-0.39, 0.29) is 5.41 Å². The van der Waals surface area contributed by atoms with Crippen molar-refractivity contribution in [2.75, 3.05) is 13.6 Å². The van der Waals surface area contributed by atoms with Gasteiger partial charge in [0.1, 0.15) is 5.78 Å². The Morgan fingerprint density at radius 2 is 2.16 bits per heavy atom. The number of carbonyl (C=O) groups excluding carboxylic acids is 1. The molecule has 2 bridgehead atoms. The minimum Gasteiger partial charge on any atom is -0.303 e. The predicted molar refractivity (Wildman–Crippen MR) is 77.3 cm³/mol. The van der Waals surface area contributed by atoms with Gasteiger partial charge in [0.05, 0.1) is 0 Å². The topological polar surface area (TPSA) is 20.3 Å². The van der Waals surface area contributed by atoms with Crippen molar-refractivity contribution in [2.24, 2.45) is 5.92 Å². The summed E-state index contributed by atoms with van der Waals surface area (Å²) < 4.78 is 0. The van der Waals surface area contributed by atoms with Crippen molar-refractivity contribution in [1.82, 2.24) is 4.90 Å². The van der Waals surface area contributed by atoms with Crippen LogP contribution in [-0.4, -0.2) is 30.3 Å². The number of nitrogens with zero attached hydrogens (tertiary/aromatic N) is 1. The molecule has 2 heteroatoms. The molecule has 0 spiro atoms. The zero-order valence-electron chi connectivity index (χ0n) is 12.1. The number of aryl methyl sites for hydroxylation is 1. The first kappa shape index (κ1) is 12.9. The van der Waals surface area contributed by atoms with Crippen molar-refractivity contribution in [3.05, 3.63) is 35.4 Å². The van der Waals surface area contributed by atoms with Crippen LogP contribution >= 0.6 is 0 Å². The summed E-state index contributed by atoms with van der Waals surface area (Å²) in [5.41, 5.74) is 2.76. The second-order valence-electron chi connectivity index (χ2n) is 6.64. The quantitative estimate of drug-likeness (QED) is 0.771. The lowest BCUT2D eigenvalue weighted by Crippen LogP contribution is -2.57. The molecule has 102 valence electrons. The highest BCUT2D eigenvalue weighted by atomic mass is 16.1. The summed E-state index contributed by atoms with van der Waals surface area (Å²) in [6, 6.07) is 9.24. The van der Waals surface area contributed by atoms with Crippen molar-refractivity contribution in [2.45, 2.75) is 44.6 Å². The van der Waals surface area contributed by atoms with E-state index in [4.69, 9.17) is 0 Å². The third kappa shape index (κ3) is 2.02. The molecule has 1 aromatic carbocycles. The number of rotatable bonds is 1. The Morgan fingerprint density at radius 3 is 2.89 bits per heavy atom. The van der Waals surface area contributed by atoms with E-state index in [0.29, 0.717) is 17.7 Å². The Kier molecular flexibility index (Phi) is 3.01. The number of fused-ring (bicyclic) bond motifs is 2. The van der Waals surface area contributed by atoms with E-state index >= 15 is 0 Å². The molecule has 2 aliphatic rings. The lowest BCUT2D eigenvalue weighted by Gasteiger charge is -2.53. The van der Waals surface area contributed by atoms with E-state index in [1.807, 2.05) is 0 Å². The molecule has 1 aliphatic carbocycles. The summed E-state index contributed by atoms with van der Waals surface area (Å²) in [5, 5.41) is 0. The molecule has 3 unspecified atom stereocenters. The Bertz CT molecular complexity index is 510. The second-order valence-corrected chi connectivity index (χ2v) is 6.64. The third-order valence-corrected chi connectivity index (χ3v) is 5.30. The van der Waals surface area contributed by atoms with Gasteiger partial charge in [-0.1, -0.05) is 36.8 Å². The van der Waals surface area contributed by atoms with Crippen LogP contribution in [0, 0.1) is 12.8 Å². The molecule has 1 saturated carbocycles. The predicted octanol–water partition coefficient (Wildman–Crippen LogP) is 2.94. The minimum absolute atomic E-state index is 0.0819. The van der Waals surface area contributed by atoms with Gasteiger partial charge in [0.2, 0.25) is 0 Å². The first-order valence-electron chi connectivity index (χ1n) is 7.30. The molecule has 19 heavy (non-hydrogen) atoms. The smallest absolute Gasteiger partial charge is 0.135 e. The monoisotopic (exact) mass is 257 g/mol. The maximum absolute atomic E-state index is 12.2. The number of hydrogen-bond donors (Lipinski definition) is 0. The first-order valence-corrected chi connectivity index (χ1v) is 7.30. The van der Waals surface area contributed by atoms with Crippen LogP contribution in [0.25, 0.3) is 0 Å². The maximum Gasteiger partial charge on any atom is 0.135 e. The van der Waals surface area contributed by atoms with E-state index in [0.717, 1.165) is 25.8 Å². The Morgan fingerprint density at radius 1 is 1.37 bits per heavy atom. The van der Waals surface area contributed by atoms with Gasteiger partial charge in [-0.05, 0) is 31.9 Å². The fraction of sp³-hybridized carbons (Fsp3) is 0.588. The summed E-state index contributed by atoms with van der Waals surface area (Å²) in [6.45, 7) is 5.56. The molecule has 2 nitrogen and oxygen atoms in total. The average molecular weight is 257 g/mol. The van der Waals surface area contributed by atoms with Crippen LogP contribution in [0.3, 0.4) is 0 Å². The van der Waals surface area contributed by atoms with E-state index in [1.165, 1.54) is 11.1 Å². The van der Waals surface area contributed by atoms with Crippen molar-refractivity contribution in [3.63, 3.8) is 0 Å². The fourth-order valence-electron chi connectivity index (χ4n) is 4.15. The lowest BCUT2D eigenvalue weighted by molar-refractivity contribution is -0.127. The third-order valence-electron chi connectivity index (χ3n) is 5.30. The standard InChI is InChI=1S/C17H23NO/c1-12-5-4-6-14(7-12)17-9-15(8-16(19)10-17)18(3)11-13(17)2/h4-7,13,15H,8-11H2,1-3H3. The van der Waals surface area contributed by atoms with Gasteiger partial charge >= 0.3 is 0 Å². The molecular formula is C17H23NO. The molecular weight excluding hydrogens is 234 g/mol. The number of Topliss-reactive ketones (excluding diaryl/α,β-unsaturated/α-hetero) is 1. The largest absolute Gasteiger partial charge is 0.303 e. The number of ketones is 1. The maximum atomic E-state index is 12.2. The highest BCUT2D eigenvalue weighted by molar-refractivity contribution is 5.82. The normalized spacial score (nSPS) is 35.4. The van der Waals surface area contributed by atoms with Crippen LogP contribution < -0.4 is 0 Å². The summed E-state index contributed by atoms with van der Waals surface area (Å²) in [6.07, 6.45) is 2.62. The molecule has 3 rings (SSSR count). The van der Waals surface area contributed by atoms with Crippen molar-refractivity contribution < 1.29 is 4.79 Å². The lowest BCUT2D eigenvalue weighted by atomic mass is 9.58. The molecule has 1 aromatic rings. The molecule has 0 N–H and O–H groups in total. The molecule has 3 atom stereocenters. The molecule has 0 aromatic heterocycles. The van der Waals surface area contributed by atoms with E-state index in [9.17, 15) is 4.79 Å². The molecule has 1 aliphatic heterocycles. The fourth-order valence-corrected chi connectivity index (χ4v) is 4.15. The van der Waals surface area contributed by atoms with E-state index < -0.39 is 0 Å². The van der Waals surface area contributed by atoms with Crippen LogP contribution in [0.15, 0.2) is 24.3 Å². The van der Waals surface area contributed by atoms with Gasteiger partial charge in [-0.25, -0.2) is 0 Å². The molecule has 2 fully saturated rings. The summed E-state index contributed by atoms with van der Waals surface area (Å²) in [5.74, 6) is 0.982. The molecule has 1 saturated heterocycles. The van der Waals surface area contributed by atoms with Gasteiger partial charge < -0.3 is 4.90 Å². The Labute approximate surface area is 115 Å². The highest BCUT2D eigenvalue weighted by Gasteiger charge is 2.49. The van der Waals surface area contributed by atoms with Crippen LogP contribution in [0.5, 0.6) is 0 Å². The van der Waals surface area contributed by atoms with Crippen molar-refractivity contribution >= 4 is 5.78 Å². The Hall–Kier alpha value is -1.15. The number of hydrogen-bond acceptors (Lipinski definition) is 2. The molecule has 1 heterocycles. The van der Waals surface area contributed by atoms with E-state index in [1.54, 1.807) is 0 Å². The highest BCUT2D eigenvalue weighted by Crippen LogP contribution is 2.48. The van der Waals surface area contributed by atoms with Crippen LogP contribution in [0.2, 0.25) is 0 Å². The molecule has 0 radical (unpaired) electrons. The summed E-state index contributed by atoms with van der Waals surface area (Å²) in [7, 11) is 2.17. The van der Waals surface area contributed by atoms with Gasteiger partial charge in [0, 0.05) is 30.8 Å². The zero-order chi connectivity index (χ0) is 13.6. The van der Waals surface area contributed by atoms with Crippen molar-refractivity contribution in [1.29, 1.82) is 0 Å². The minimum atomic E-state index is 0.0819. The van der Waals surface area contributed by atoms with Gasteiger partial charge in [0.15, 0.2) is 0 Å². The number of carbonyl (C=O) groups is 1. The molecule has 0 amide bonds. The van der Waals surface area contributed by atoms with Crippen LogP contribution in [-0.2, 0) is 10.2 Å². The van der Waals surface area contributed by atoms with Gasteiger partial charge in [-0.2, -0.15) is 0 Å². The average Bonchev–Trinajstić information content (AvgIpc) is 2.36. The van der Waals surface area contributed by atoms with Gasteiger partial charge in [-0.3, -0.25) is 4.79 Å². The summed E-state index contributed by atoms with van der Waals surface area (Å²) >= 11 is 0. The first-order chi connectivity index (χ1) is 9.01. The second kappa shape index (κ2) is 4.45. The van der Waals surface area contributed by atoms with Gasteiger partial charge in [0.25, 0.3) is 0 Å². The van der Waals surface area contributed by atoms with Crippen LogP contribution in [0.1, 0.15) is 37.3 Å². The zero-order valence-corrected chi connectivity index (χ0v) is 12.1. The number of benzene rings is 1. The number of likely N-dealkylation sites (tertiary alicyclic amines) is 1. The van der Waals surface area contributed by atoms with E-state index in [2.05, 4.69) is 50.1 Å². The summed E-state index contributed by atoms with van der Waals surface area (Å²) in [4.78, 5) is 14.6.